The summed E-state index contributed by atoms with van der Waals surface area (Å²) in [5.41, 5.74) is -0.466. The van der Waals surface area contributed by atoms with Gasteiger partial charge >= 0.3 is 5.97 Å². The van der Waals surface area contributed by atoms with Gasteiger partial charge in [0.15, 0.2) is 11.6 Å². The summed E-state index contributed by atoms with van der Waals surface area (Å²) in [7, 11) is 0. The van der Waals surface area contributed by atoms with Crippen LogP contribution in [0.15, 0.2) is 28.4 Å². The first-order valence-corrected chi connectivity index (χ1v) is 5.86. The molecular formula is C11H8BrClFNO3. The fraction of sp³-hybridized carbons (Fsp3) is 0.0909. The van der Waals surface area contributed by atoms with Crippen molar-refractivity contribution in [2.24, 2.45) is 0 Å². The van der Waals surface area contributed by atoms with E-state index in [-0.39, 0.29) is 15.2 Å². The van der Waals surface area contributed by atoms with Crippen molar-refractivity contribution in [2.75, 3.05) is 5.32 Å². The Hall–Kier alpha value is -1.40. The molecule has 0 aliphatic carbocycles. The van der Waals surface area contributed by atoms with Gasteiger partial charge in [0.2, 0.25) is 0 Å². The van der Waals surface area contributed by atoms with Crippen molar-refractivity contribution < 1.29 is 19.1 Å². The molecule has 0 amide bonds. The zero-order valence-electron chi connectivity index (χ0n) is 9.13. The van der Waals surface area contributed by atoms with Crippen LogP contribution in [-0.4, -0.2) is 16.9 Å². The molecule has 0 unspecified atom stereocenters. The topological polar surface area (TPSA) is 66.4 Å². The molecule has 96 valence electrons. The molecule has 1 aromatic rings. The van der Waals surface area contributed by atoms with Gasteiger partial charge in [-0.25, -0.2) is 9.18 Å². The molecular weight excluding hydrogens is 328 g/mol. The minimum atomic E-state index is -1.39. The first kappa shape index (κ1) is 14.7. The SMILES string of the molecule is CC(=O)/C(=C/Nc1ccc(Cl)c(Br)c1F)C(=O)O. The molecule has 0 heterocycles. The Balaban J connectivity index is 3.06. The molecule has 0 spiro atoms. The van der Waals surface area contributed by atoms with E-state index in [2.05, 4.69) is 21.2 Å². The maximum absolute atomic E-state index is 13.7. The predicted octanol–water partition coefficient (Wildman–Crippen LogP) is 3.21. The molecule has 0 saturated carbocycles. The maximum Gasteiger partial charge on any atom is 0.340 e. The van der Waals surface area contributed by atoms with Crippen molar-refractivity contribution in [3.8, 4) is 0 Å². The second kappa shape index (κ2) is 5.97. The Morgan fingerprint density at radius 3 is 2.61 bits per heavy atom. The average molecular weight is 337 g/mol. The van der Waals surface area contributed by atoms with E-state index in [4.69, 9.17) is 16.7 Å². The van der Waals surface area contributed by atoms with Crippen LogP contribution in [-0.2, 0) is 9.59 Å². The zero-order chi connectivity index (χ0) is 13.9. The van der Waals surface area contributed by atoms with Crippen LogP contribution in [0.25, 0.3) is 0 Å². The van der Waals surface area contributed by atoms with Gasteiger partial charge in [-0.15, -0.1) is 0 Å². The Bertz CT molecular complexity index is 529. The molecule has 7 heteroatoms. The number of hydrogen-bond acceptors (Lipinski definition) is 3. The van der Waals surface area contributed by atoms with E-state index in [1.807, 2.05) is 0 Å². The first-order chi connectivity index (χ1) is 8.34. The molecule has 2 N–H and O–H groups in total. The molecule has 0 atom stereocenters. The molecule has 0 radical (unpaired) electrons. The van der Waals surface area contributed by atoms with Gasteiger partial charge < -0.3 is 10.4 Å². The number of hydrogen-bond donors (Lipinski definition) is 2. The van der Waals surface area contributed by atoms with Crippen molar-refractivity contribution in [1.82, 2.24) is 0 Å². The van der Waals surface area contributed by atoms with Crippen molar-refractivity contribution in [2.45, 2.75) is 6.92 Å². The lowest BCUT2D eigenvalue weighted by Crippen LogP contribution is -2.11. The molecule has 0 aliphatic heterocycles. The number of benzene rings is 1. The Kier molecular flexibility index (Phi) is 4.86. The second-order valence-electron chi connectivity index (χ2n) is 3.29. The maximum atomic E-state index is 13.7. The lowest BCUT2D eigenvalue weighted by atomic mass is 10.2. The Morgan fingerprint density at radius 1 is 1.50 bits per heavy atom. The number of nitrogens with one attached hydrogen (secondary N) is 1. The van der Waals surface area contributed by atoms with E-state index in [1.165, 1.54) is 12.1 Å². The van der Waals surface area contributed by atoms with E-state index in [9.17, 15) is 14.0 Å². The molecule has 0 aliphatic rings. The van der Waals surface area contributed by atoms with Crippen LogP contribution in [0.1, 0.15) is 6.92 Å². The van der Waals surface area contributed by atoms with Gasteiger partial charge in [-0.3, -0.25) is 4.79 Å². The van der Waals surface area contributed by atoms with Gasteiger partial charge in [-0.2, -0.15) is 0 Å². The molecule has 18 heavy (non-hydrogen) atoms. The smallest absolute Gasteiger partial charge is 0.340 e. The van der Waals surface area contributed by atoms with Gasteiger partial charge in [0.25, 0.3) is 0 Å². The summed E-state index contributed by atoms with van der Waals surface area (Å²) in [6.45, 7) is 1.11. The molecule has 0 aromatic heterocycles. The fourth-order valence-electron chi connectivity index (χ4n) is 1.10. The Labute approximate surface area is 116 Å². The van der Waals surface area contributed by atoms with Crippen molar-refractivity contribution in [3.05, 3.63) is 39.2 Å². The van der Waals surface area contributed by atoms with Crippen LogP contribution in [0, 0.1) is 5.82 Å². The second-order valence-corrected chi connectivity index (χ2v) is 4.49. The highest BCUT2D eigenvalue weighted by molar-refractivity contribution is 9.10. The number of carboxylic acid groups (broad SMARTS) is 1. The number of Topliss-reactive ketones (excluding diaryl/α,β-unsaturated/α-hetero) is 1. The number of aliphatic carboxylic acids is 1. The third-order valence-corrected chi connectivity index (χ3v) is 3.34. The van der Waals surface area contributed by atoms with Crippen LogP contribution >= 0.6 is 27.5 Å². The normalized spacial score (nSPS) is 11.2. The van der Waals surface area contributed by atoms with Crippen LogP contribution < -0.4 is 5.32 Å². The number of carbonyl (C=O) groups excluding carboxylic acids is 1. The molecule has 4 nitrogen and oxygen atoms in total. The van der Waals surface area contributed by atoms with Crippen LogP contribution in [0.4, 0.5) is 10.1 Å². The van der Waals surface area contributed by atoms with Crippen LogP contribution in [0.5, 0.6) is 0 Å². The highest BCUT2D eigenvalue weighted by Crippen LogP contribution is 2.30. The Morgan fingerprint density at radius 2 is 2.11 bits per heavy atom. The third-order valence-electron chi connectivity index (χ3n) is 2.02. The summed E-state index contributed by atoms with van der Waals surface area (Å²) in [6, 6.07) is 2.76. The summed E-state index contributed by atoms with van der Waals surface area (Å²) in [5.74, 6) is -2.70. The average Bonchev–Trinajstić information content (AvgIpc) is 2.28. The number of ketones is 1. The van der Waals surface area contributed by atoms with Crippen LogP contribution in [0.2, 0.25) is 5.02 Å². The molecule has 0 fully saturated rings. The van der Waals surface area contributed by atoms with E-state index in [1.54, 1.807) is 0 Å². The predicted molar refractivity (Wildman–Crippen MR) is 69.1 cm³/mol. The minimum absolute atomic E-state index is 0.00581. The number of halogens is 3. The first-order valence-electron chi connectivity index (χ1n) is 4.69. The van der Waals surface area contributed by atoms with E-state index in [0.717, 1.165) is 13.1 Å². The van der Waals surface area contributed by atoms with Gasteiger partial charge in [0.05, 0.1) is 15.2 Å². The fourth-order valence-corrected chi connectivity index (χ4v) is 1.59. The highest BCUT2D eigenvalue weighted by atomic mass is 79.9. The lowest BCUT2D eigenvalue weighted by molar-refractivity contribution is -0.134. The van der Waals surface area contributed by atoms with E-state index < -0.39 is 23.1 Å². The minimum Gasteiger partial charge on any atom is -0.478 e. The monoisotopic (exact) mass is 335 g/mol. The largest absolute Gasteiger partial charge is 0.478 e. The standard InChI is InChI=1S/C11H8BrClFNO3/c1-5(16)6(11(17)18)4-15-8-3-2-7(13)9(12)10(8)14/h2-4,15H,1H3,(H,17,18)/b6-4-. The van der Waals surface area contributed by atoms with E-state index >= 15 is 0 Å². The van der Waals surface area contributed by atoms with Gasteiger partial charge in [0, 0.05) is 6.20 Å². The highest BCUT2D eigenvalue weighted by Gasteiger charge is 2.14. The zero-order valence-corrected chi connectivity index (χ0v) is 11.5. The lowest BCUT2D eigenvalue weighted by Gasteiger charge is -2.06. The van der Waals surface area contributed by atoms with Gasteiger partial charge in [-0.1, -0.05) is 11.6 Å². The number of carboxylic acids is 1. The molecule has 0 bridgehead atoms. The summed E-state index contributed by atoms with van der Waals surface area (Å²) < 4.78 is 13.7. The molecule has 1 aromatic carbocycles. The summed E-state index contributed by atoms with van der Waals surface area (Å²) in [6.07, 6.45) is 0.934. The van der Waals surface area contributed by atoms with Gasteiger partial charge in [-0.05, 0) is 35.0 Å². The van der Waals surface area contributed by atoms with Crippen molar-refractivity contribution in [1.29, 1.82) is 0 Å². The van der Waals surface area contributed by atoms with Crippen molar-refractivity contribution in [3.63, 3.8) is 0 Å². The molecule has 1 rings (SSSR count). The molecule has 0 saturated heterocycles. The van der Waals surface area contributed by atoms with Crippen molar-refractivity contribution >= 4 is 45.0 Å². The summed E-state index contributed by atoms with van der Waals surface area (Å²) >= 11 is 8.62. The number of carbonyl (C=O) groups is 2. The number of anilines is 1. The van der Waals surface area contributed by atoms with E-state index in [0.29, 0.717) is 0 Å². The number of rotatable bonds is 4. The summed E-state index contributed by atoms with van der Waals surface area (Å²) in [4.78, 5) is 21.7. The third kappa shape index (κ3) is 3.30. The quantitative estimate of drug-likeness (QED) is 0.383. The summed E-state index contributed by atoms with van der Waals surface area (Å²) in [5, 5.41) is 11.3. The van der Waals surface area contributed by atoms with Crippen LogP contribution in [0.3, 0.4) is 0 Å². The van der Waals surface area contributed by atoms with Gasteiger partial charge in [0.1, 0.15) is 5.57 Å².